The Hall–Kier alpha value is -1.17. The Labute approximate surface area is 122 Å². The number of nitrogens with zero attached hydrogens (tertiary/aromatic N) is 1. The van der Waals surface area contributed by atoms with Crippen molar-refractivity contribution in [1.29, 1.82) is 0 Å². The van der Waals surface area contributed by atoms with Crippen LogP contribution in [0.4, 0.5) is 4.39 Å². The molecule has 1 aliphatic rings. The lowest BCUT2D eigenvalue weighted by atomic mass is 10.1. The minimum Gasteiger partial charge on any atom is -0.469 e. The summed E-state index contributed by atoms with van der Waals surface area (Å²) in [6, 6.07) is 4.78. The van der Waals surface area contributed by atoms with E-state index in [-0.39, 0.29) is 23.5 Å². The van der Waals surface area contributed by atoms with Crippen LogP contribution < -0.4 is 0 Å². The molecule has 1 saturated heterocycles. The summed E-state index contributed by atoms with van der Waals surface area (Å²) < 4.78 is 23.5. The Bertz CT molecular complexity index is 483. The molecule has 1 aromatic rings. The van der Waals surface area contributed by atoms with Crippen LogP contribution in [0.25, 0.3) is 0 Å². The normalized spacial score (nSPS) is 19.9. The molecule has 1 aliphatic heterocycles. The molecular weight excluding hydrogens is 285 g/mol. The van der Waals surface area contributed by atoms with Gasteiger partial charge in [0.25, 0.3) is 0 Å². The Balaban J connectivity index is 1.96. The average molecular weight is 302 g/mol. The third kappa shape index (κ3) is 3.91. The minimum absolute atomic E-state index is 0.156. The number of carbonyl (C=O) groups excluding carboxylic acids is 1. The van der Waals surface area contributed by atoms with Crippen LogP contribution in [0.3, 0.4) is 0 Å². The molecule has 6 heteroatoms. The number of morpholine rings is 1. The molecule has 0 radical (unpaired) electrons. The molecule has 2 rings (SSSR count). The standard InChI is InChI=1S/C14H17ClFNO3/c1-19-13(18)7-11-9-17(5-6-20-11)8-10-3-2-4-12(16)14(10)15/h2-4,11H,5-9H2,1H3. The quantitative estimate of drug-likeness (QED) is 0.800. The Morgan fingerprint density at radius 1 is 1.60 bits per heavy atom. The molecule has 1 atom stereocenters. The maximum absolute atomic E-state index is 13.4. The number of halogens is 2. The van der Waals surface area contributed by atoms with Crippen LogP contribution in [-0.2, 0) is 20.8 Å². The molecule has 0 N–H and O–H groups in total. The highest BCUT2D eigenvalue weighted by atomic mass is 35.5. The highest BCUT2D eigenvalue weighted by molar-refractivity contribution is 6.31. The largest absolute Gasteiger partial charge is 0.469 e. The second kappa shape index (κ2) is 7.02. The predicted octanol–water partition coefficient (Wildman–Crippen LogP) is 2.24. The van der Waals surface area contributed by atoms with E-state index >= 15 is 0 Å². The summed E-state index contributed by atoms with van der Waals surface area (Å²) >= 11 is 5.95. The third-order valence-electron chi connectivity index (χ3n) is 3.27. The Morgan fingerprint density at radius 2 is 2.40 bits per heavy atom. The van der Waals surface area contributed by atoms with Crippen molar-refractivity contribution in [2.45, 2.75) is 19.1 Å². The molecule has 0 saturated carbocycles. The van der Waals surface area contributed by atoms with Crippen molar-refractivity contribution in [2.24, 2.45) is 0 Å². The van der Waals surface area contributed by atoms with E-state index < -0.39 is 5.82 Å². The van der Waals surface area contributed by atoms with Crippen LogP contribution in [0.2, 0.25) is 5.02 Å². The van der Waals surface area contributed by atoms with Gasteiger partial charge in [-0.05, 0) is 11.6 Å². The second-order valence-corrected chi connectivity index (χ2v) is 5.10. The van der Waals surface area contributed by atoms with Gasteiger partial charge >= 0.3 is 5.97 Å². The Morgan fingerprint density at radius 3 is 3.15 bits per heavy atom. The first-order valence-electron chi connectivity index (χ1n) is 6.44. The molecule has 1 unspecified atom stereocenters. The fourth-order valence-electron chi connectivity index (χ4n) is 2.23. The number of esters is 1. The summed E-state index contributed by atoms with van der Waals surface area (Å²) in [7, 11) is 1.36. The maximum atomic E-state index is 13.4. The van der Waals surface area contributed by atoms with Gasteiger partial charge in [-0.2, -0.15) is 0 Å². The summed E-state index contributed by atoms with van der Waals surface area (Å²) in [4.78, 5) is 13.3. The number of carbonyl (C=O) groups is 1. The SMILES string of the molecule is COC(=O)CC1CN(Cc2cccc(F)c2Cl)CCO1. The number of hydrogen-bond donors (Lipinski definition) is 0. The van der Waals surface area contributed by atoms with Gasteiger partial charge in [-0.15, -0.1) is 0 Å². The minimum atomic E-state index is -0.413. The lowest BCUT2D eigenvalue weighted by molar-refractivity contribution is -0.145. The van der Waals surface area contributed by atoms with E-state index in [9.17, 15) is 9.18 Å². The van der Waals surface area contributed by atoms with E-state index in [1.165, 1.54) is 13.2 Å². The predicted molar refractivity (Wildman–Crippen MR) is 73.1 cm³/mol. The van der Waals surface area contributed by atoms with Gasteiger partial charge in [-0.25, -0.2) is 4.39 Å². The van der Waals surface area contributed by atoms with Gasteiger partial charge < -0.3 is 9.47 Å². The van der Waals surface area contributed by atoms with Crippen LogP contribution in [0, 0.1) is 5.82 Å². The summed E-state index contributed by atoms with van der Waals surface area (Å²) in [6.45, 7) is 2.40. The van der Waals surface area contributed by atoms with Gasteiger partial charge in [0, 0.05) is 19.6 Å². The van der Waals surface area contributed by atoms with Crippen molar-refractivity contribution in [3.8, 4) is 0 Å². The van der Waals surface area contributed by atoms with Crippen LogP contribution >= 0.6 is 11.6 Å². The lowest BCUT2D eigenvalue weighted by Crippen LogP contribution is -2.42. The van der Waals surface area contributed by atoms with Crippen molar-refractivity contribution in [1.82, 2.24) is 4.90 Å². The number of benzene rings is 1. The average Bonchev–Trinajstić information content (AvgIpc) is 2.44. The van der Waals surface area contributed by atoms with Gasteiger partial charge in [0.1, 0.15) is 5.82 Å². The van der Waals surface area contributed by atoms with Crippen LogP contribution in [0.1, 0.15) is 12.0 Å². The zero-order valence-electron chi connectivity index (χ0n) is 11.3. The lowest BCUT2D eigenvalue weighted by Gasteiger charge is -2.32. The van der Waals surface area contributed by atoms with E-state index in [2.05, 4.69) is 9.64 Å². The van der Waals surface area contributed by atoms with Crippen molar-refractivity contribution >= 4 is 17.6 Å². The Kier molecular flexibility index (Phi) is 5.34. The fourth-order valence-corrected chi connectivity index (χ4v) is 2.41. The molecule has 0 bridgehead atoms. The van der Waals surface area contributed by atoms with E-state index in [1.807, 2.05) is 0 Å². The van der Waals surface area contributed by atoms with Gasteiger partial charge in [0.2, 0.25) is 0 Å². The zero-order chi connectivity index (χ0) is 14.5. The van der Waals surface area contributed by atoms with Crippen LogP contribution in [-0.4, -0.2) is 43.8 Å². The molecule has 0 aliphatic carbocycles. The molecule has 1 heterocycles. The van der Waals surface area contributed by atoms with Crippen LogP contribution in [0.15, 0.2) is 18.2 Å². The zero-order valence-corrected chi connectivity index (χ0v) is 12.0. The fraction of sp³-hybridized carbons (Fsp3) is 0.500. The van der Waals surface area contributed by atoms with Crippen LogP contribution in [0.5, 0.6) is 0 Å². The number of ether oxygens (including phenoxy) is 2. The molecule has 20 heavy (non-hydrogen) atoms. The van der Waals surface area contributed by atoms with E-state index in [0.29, 0.717) is 19.7 Å². The van der Waals surface area contributed by atoms with Gasteiger partial charge in [-0.3, -0.25) is 9.69 Å². The summed E-state index contributed by atoms with van der Waals surface area (Å²) in [5, 5.41) is 0.156. The smallest absolute Gasteiger partial charge is 0.308 e. The number of methoxy groups -OCH3 is 1. The van der Waals surface area contributed by atoms with Gasteiger partial charge in [0.15, 0.2) is 0 Å². The molecule has 4 nitrogen and oxygen atoms in total. The molecule has 0 spiro atoms. The van der Waals surface area contributed by atoms with Crippen molar-refractivity contribution in [3.05, 3.63) is 34.6 Å². The van der Waals surface area contributed by atoms with Crippen molar-refractivity contribution < 1.29 is 18.7 Å². The second-order valence-electron chi connectivity index (χ2n) is 4.72. The molecule has 1 fully saturated rings. The van der Waals surface area contributed by atoms with Gasteiger partial charge in [-0.1, -0.05) is 23.7 Å². The van der Waals surface area contributed by atoms with E-state index in [1.54, 1.807) is 12.1 Å². The molecule has 0 amide bonds. The van der Waals surface area contributed by atoms with E-state index in [4.69, 9.17) is 16.3 Å². The monoisotopic (exact) mass is 301 g/mol. The van der Waals surface area contributed by atoms with Crippen molar-refractivity contribution in [3.63, 3.8) is 0 Å². The highest BCUT2D eigenvalue weighted by Crippen LogP contribution is 2.22. The number of rotatable bonds is 4. The molecule has 1 aromatic carbocycles. The first kappa shape index (κ1) is 15.2. The topological polar surface area (TPSA) is 38.8 Å². The van der Waals surface area contributed by atoms with Gasteiger partial charge in [0.05, 0.1) is 31.3 Å². The summed E-state index contributed by atoms with van der Waals surface area (Å²) in [5.41, 5.74) is 0.741. The third-order valence-corrected chi connectivity index (χ3v) is 3.69. The summed E-state index contributed by atoms with van der Waals surface area (Å²) in [5.74, 6) is -0.704. The van der Waals surface area contributed by atoms with Crippen molar-refractivity contribution in [2.75, 3.05) is 26.8 Å². The molecule has 110 valence electrons. The summed E-state index contributed by atoms with van der Waals surface area (Å²) in [6.07, 6.45) is 0.0349. The highest BCUT2D eigenvalue weighted by Gasteiger charge is 2.23. The maximum Gasteiger partial charge on any atom is 0.308 e. The number of hydrogen-bond acceptors (Lipinski definition) is 4. The first-order chi connectivity index (χ1) is 9.60. The van der Waals surface area contributed by atoms with E-state index in [0.717, 1.165) is 12.1 Å². The molecular formula is C14H17ClFNO3. The molecule has 0 aromatic heterocycles. The first-order valence-corrected chi connectivity index (χ1v) is 6.81.